The van der Waals surface area contributed by atoms with Gasteiger partial charge >= 0.3 is 0 Å². The van der Waals surface area contributed by atoms with Gasteiger partial charge in [0.1, 0.15) is 0 Å². The highest BCUT2D eigenvalue weighted by atomic mass is 32.2. The predicted octanol–water partition coefficient (Wildman–Crippen LogP) is 4.05. The molecule has 1 aromatic heterocycles. The molecule has 0 radical (unpaired) electrons. The molecule has 6 heteroatoms. The van der Waals surface area contributed by atoms with Crippen LogP contribution in [0.2, 0.25) is 0 Å². The molecule has 0 bridgehead atoms. The van der Waals surface area contributed by atoms with Crippen molar-refractivity contribution >= 4 is 15.7 Å². The molecule has 5 nitrogen and oxygen atoms in total. The van der Waals surface area contributed by atoms with Crippen LogP contribution in [0.3, 0.4) is 0 Å². The van der Waals surface area contributed by atoms with Gasteiger partial charge < -0.3 is 5.32 Å². The molecule has 28 heavy (non-hydrogen) atoms. The molecule has 3 rings (SSSR count). The third-order valence-electron chi connectivity index (χ3n) is 5.62. The summed E-state index contributed by atoms with van der Waals surface area (Å²) >= 11 is 0. The number of hydrogen-bond acceptors (Lipinski definition) is 4. The average Bonchev–Trinajstić information content (AvgIpc) is 3.03. The molecule has 1 heterocycles. The SMILES string of the molecule is CCS(=O)(=O)c1ccc(CNC(=O)c2cnc3c(c2)C(C)C[C@H]3C(C)C)cc1. The van der Waals surface area contributed by atoms with Crippen LogP contribution in [0.1, 0.15) is 73.1 Å². The lowest BCUT2D eigenvalue weighted by atomic mass is 9.92. The third-order valence-corrected chi connectivity index (χ3v) is 7.37. The fourth-order valence-electron chi connectivity index (χ4n) is 3.79. The Balaban J connectivity index is 1.68. The van der Waals surface area contributed by atoms with Crippen LogP contribution in [0, 0.1) is 5.92 Å². The number of amides is 1. The van der Waals surface area contributed by atoms with Crippen molar-refractivity contribution in [2.24, 2.45) is 5.92 Å². The quantitative estimate of drug-likeness (QED) is 0.794. The average molecular weight is 401 g/mol. The van der Waals surface area contributed by atoms with Gasteiger partial charge in [-0.25, -0.2) is 8.42 Å². The predicted molar refractivity (Wildman–Crippen MR) is 110 cm³/mol. The number of rotatable bonds is 6. The van der Waals surface area contributed by atoms with E-state index < -0.39 is 9.84 Å². The highest BCUT2D eigenvalue weighted by Crippen LogP contribution is 2.44. The second-order valence-corrected chi connectivity index (χ2v) is 10.2. The molecule has 0 spiro atoms. The number of carbonyl (C=O) groups excluding carboxylic acids is 1. The van der Waals surface area contributed by atoms with Crippen molar-refractivity contribution in [1.29, 1.82) is 0 Å². The second kappa shape index (κ2) is 8.03. The van der Waals surface area contributed by atoms with E-state index in [9.17, 15) is 13.2 Å². The Morgan fingerprint density at radius 3 is 2.54 bits per heavy atom. The van der Waals surface area contributed by atoms with Crippen LogP contribution in [-0.2, 0) is 16.4 Å². The summed E-state index contributed by atoms with van der Waals surface area (Å²) in [6, 6.07) is 8.62. The number of sulfone groups is 1. The largest absolute Gasteiger partial charge is 0.348 e. The zero-order valence-electron chi connectivity index (χ0n) is 16.9. The van der Waals surface area contributed by atoms with Crippen molar-refractivity contribution in [2.75, 3.05) is 5.75 Å². The van der Waals surface area contributed by atoms with Gasteiger partial charge in [-0.3, -0.25) is 9.78 Å². The van der Waals surface area contributed by atoms with Crippen molar-refractivity contribution in [3.63, 3.8) is 0 Å². The summed E-state index contributed by atoms with van der Waals surface area (Å²) in [7, 11) is -3.21. The molecule has 1 aromatic carbocycles. The first-order chi connectivity index (χ1) is 13.2. The summed E-state index contributed by atoms with van der Waals surface area (Å²) in [6.45, 7) is 8.58. The molecule has 1 amide bonds. The van der Waals surface area contributed by atoms with E-state index in [1.54, 1.807) is 37.4 Å². The lowest BCUT2D eigenvalue weighted by Gasteiger charge is -2.14. The normalized spacial score (nSPS) is 18.9. The highest BCUT2D eigenvalue weighted by Gasteiger charge is 2.32. The molecular weight excluding hydrogens is 372 g/mol. The van der Waals surface area contributed by atoms with Gasteiger partial charge in [-0.1, -0.05) is 39.8 Å². The molecular formula is C22H28N2O3S. The van der Waals surface area contributed by atoms with Crippen LogP contribution in [-0.4, -0.2) is 25.1 Å². The summed E-state index contributed by atoms with van der Waals surface area (Å²) in [5, 5.41) is 2.90. The first kappa shape index (κ1) is 20.5. The number of nitrogens with one attached hydrogen (secondary N) is 1. The zero-order valence-corrected chi connectivity index (χ0v) is 17.7. The molecule has 0 aliphatic heterocycles. The molecule has 1 aliphatic carbocycles. The Bertz CT molecular complexity index is 966. The Morgan fingerprint density at radius 2 is 1.93 bits per heavy atom. The van der Waals surface area contributed by atoms with Crippen LogP contribution in [0.25, 0.3) is 0 Å². The fourth-order valence-corrected chi connectivity index (χ4v) is 4.68. The number of pyridine rings is 1. The lowest BCUT2D eigenvalue weighted by Crippen LogP contribution is -2.23. The highest BCUT2D eigenvalue weighted by molar-refractivity contribution is 7.91. The minimum atomic E-state index is -3.21. The maximum Gasteiger partial charge on any atom is 0.253 e. The van der Waals surface area contributed by atoms with Gasteiger partial charge in [-0.15, -0.1) is 0 Å². The topological polar surface area (TPSA) is 76.1 Å². The molecule has 1 unspecified atom stereocenters. The van der Waals surface area contributed by atoms with Gasteiger partial charge in [0, 0.05) is 24.4 Å². The van der Waals surface area contributed by atoms with Gasteiger partial charge in [0.25, 0.3) is 5.91 Å². The van der Waals surface area contributed by atoms with E-state index in [0.29, 0.717) is 34.8 Å². The standard InChI is InChI=1S/C22H28N2O3S/c1-5-28(26,27)18-8-6-16(7-9-18)12-24-22(25)17-11-20-15(4)10-19(14(2)3)21(20)23-13-17/h6-9,11,13-15,19H,5,10,12H2,1-4H3,(H,24,25)/t15?,19-/m0/s1. The Labute approximate surface area is 167 Å². The van der Waals surface area contributed by atoms with Crippen molar-refractivity contribution < 1.29 is 13.2 Å². The first-order valence-electron chi connectivity index (χ1n) is 9.82. The molecule has 2 atom stereocenters. The van der Waals surface area contributed by atoms with E-state index >= 15 is 0 Å². The number of benzene rings is 1. The lowest BCUT2D eigenvalue weighted by molar-refractivity contribution is 0.0950. The van der Waals surface area contributed by atoms with E-state index in [0.717, 1.165) is 17.7 Å². The van der Waals surface area contributed by atoms with Gasteiger partial charge in [0.2, 0.25) is 0 Å². The molecule has 1 aliphatic rings. The summed E-state index contributed by atoms with van der Waals surface area (Å²) < 4.78 is 23.7. The molecule has 0 fully saturated rings. The minimum Gasteiger partial charge on any atom is -0.348 e. The third kappa shape index (κ3) is 4.12. The number of fused-ring (bicyclic) bond motifs is 1. The van der Waals surface area contributed by atoms with Crippen LogP contribution < -0.4 is 5.32 Å². The van der Waals surface area contributed by atoms with Crippen LogP contribution in [0.15, 0.2) is 41.4 Å². The van der Waals surface area contributed by atoms with Gasteiger partial charge in [-0.2, -0.15) is 0 Å². The van der Waals surface area contributed by atoms with Crippen LogP contribution in [0.4, 0.5) is 0 Å². The van der Waals surface area contributed by atoms with Crippen molar-refractivity contribution in [3.8, 4) is 0 Å². The molecule has 150 valence electrons. The maximum absolute atomic E-state index is 12.6. The number of hydrogen-bond donors (Lipinski definition) is 1. The smallest absolute Gasteiger partial charge is 0.253 e. The van der Waals surface area contributed by atoms with Crippen LogP contribution >= 0.6 is 0 Å². The van der Waals surface area contributed by atoms with E-state index in [1.165, 1.54) is 5.56 Å². The van der Waals surface area contributed by atoms with Crippen molar-refractivity contribution in [3.05, 3.63) is 58.9 Å². The van der Waals surface area contributed by atoms with Gasteiger partial charge in [-0.05, 0) is 47.6 Å². The summed E-state index contributed by atoms with van der Waals surface area (Å²) in [4.78, 5) is 17.5. The van der Waals surface area contributed by atoms with E-state index in [-0.39, 0.29) is 11.7 Å². The summed E-state index contributed by atoms with van der Waals surface area (Å²) in [6.07, 6.45) is 2.75. The van der Waals surface area contributed by atoms with E-state index in [1.807, 2.05) is 6.07 Å². The Kier molecular flexibility index (Phi) is 5.89. The van der Waals surface area contributed by atoms with Gasteiger partial charge in [0.05, 0.1) is 16.2 Å². The summed E-state index contributed by atoms with van der Waals surface area (Å²) in [5.74, 6) is 1.32. The van der Waals surface area contributed by atoms with Crippen molar-refractivity contribution in [2.45, 2.75) is 57.4 Å². The molecule has 0 saturated heterocycles. The van der Waals surface area contributed by atoms with E-state index in [4.69, 9.17) is 0 Å². The molecule has 1 N–H and O–H groups in total. The second-order valence-electron chi connectivity index (χ2n) is 7.92. The van der Waals surface area contributed by atoms with Gasteiger partial charge in [0.15, 0.2) is 9.84 Å². The Hall–Kier alpha value is -2.21. The monoisotopic (exact) mass is 400 g/mol. The molecule has 2 aromatic rings. The zero-order chi connectivity index (χ0) is 20.5. The fraction of sp³-hybridized carbons (Fsp3) is 0.455. The summed E-state index contributed by atoms with van der Waals surface area (Å²) in [5.41, 5.74) is 3.73. The number of nitrogens with zero attached hydrogens (tertiary/aromatic N) is 1. The number of aromatic nitrogens is 1. The minimum absolute atomic E-state index is 0.0739. The molecule has 0 saturated carbocycles. The Morgan fingerprint density at radius 1 is 1.25 bits per heavy atom. The maximum atomic E-state index is 12.6. The first-order valence-corrected chi connectivity index (χ1v) is 11.5. The van der Waals surface area contributed by atoms with E-state index in [2.05, 4.69) is 31.1 Å². The van der Waals surface area contributed by atoms with Crippen LogP contribution in [0.5, 0.6) is 0 Å². The number of carbonyl (C=O) groups is 1. The van der Waals surface area contributed by atoms with Crippen molar-refractivity contribution in [1.82, 2.24) is 10.3 Å².